The molecule has 0 amide bonds. The van der Waals surface area contributed by atoms with Gasteiger partial charge in [0, 0.05) is 24.0 Å². The van der Waals surface area contributed by atoms with E-state index in [4.69, 9.17) is 29.4 Å². The van der Waals surface area contributed by atoms with Crippen LogP contribution >= 0.6 is 0 Å². The van der Waals surface area contributed by atoms with Crippen LogP contribution in [0.25, 0.3) is 0 Å². The van der Waals surface area contributed by atoms with Gasteiger partial charge in [0.2, 0.25) is 11.6 Å². The maximum absolute atomic E-state index is 13.2. The molecule has 1 atom stereocenters. The zero-order chi connectivity index (χ0) is 22.2. The van der Waals surface area contributed by atoms with E-state index in [1.807, 2.05) is 13.8 Å². The molecule has 1 aliphatic heterocycles. The molecule has 0 bridgehead atoms. The molecule has 8 heteroatoms. The molecular weight excluding hydrogens is 390 g/mol. The van der Waals surface area contributed by atoms with Crippen LogP contribution in [0.4, 0.5) is 0 Å². The van der Waals surface area contributed by atoms with Crippen molar-refractivity contribution in [2.75, 3.05) is 28.4 Å². The van der Waals surface area contributed by atoms with Gasteiger partial charge in [-0.1, -0.05) is 19.9 Å². The van der Waals surface area contributed by atoms with Crippen LogP contribution in [0.15, 0.2) is 34.9 Å². The minimum Gasteiger partial charge on any atom is -0.493 e. The van der Waals surface area contributed by atoms with Crippen LogP contribution in [0, 0.1) is 5.41 Å². The molecule has 1 aromatic carbocycles. The molecule has 0 aromatic heterocycles. The van der Waals surface area contributed by atoms with E-state index in [9.17, 15) is 9.59 Å². The molecule has 8 nitrogen and oxygen atoms in total. The van der Waals surface area contributed by atoms with Gasteiger partial charge in [-0.2, -0.15) is 0 Å². The van der Waals surface area contributed by atoms with Gasteiger partial charge in [-0.3, -0.25) is 4.79 Å². The number of ether oxygens (including phenoxy) is 5. The summed E-state index contributed by atoms with van der Waals surface area (Å²) < 4.78 is 27.2. The van der Waals surface area contributed by atoms with Crippen LogP contribution in [0.2, 0.25) is 0 Å². The standard InChI is InChI=1S/C22H27NO7/c1-22(2)9-12(24)16-14(10-22)30-20(23)17(21(25)29-6)15(16)11-7-8-13(26-3)19(28-5)18(11)27-4/h7-8,15H,9-10,23H2,1-6H3/t15-/m0/s1. The normalized spacial score (nSPS) is 20.3. The third-order valence-electron chi connectivity index (χ3n) is 5.41. The fourth-order valence-electron chi connectivity index (χ4n) is 4.16. The zero-order valence-corrected chi connectivity index (χ0v) is 18.1. The van der Waals surface area contributed by atoms with E-state index < -0.39 is 11.9 Å². The second-order valence-electron chi connectivity index (χ2n) is 8.01. The van der Waals surface area contributed by atoms with Crippen molar-refractivity contribution in [1.29, 1.82) is 0 Å². The van der Waals surface area contributed by atoms with E-state index in [-0.39, 0.29) is 22.7 Å². The molecule has 1 aliphatic carbocycles. The fourth-order valence-corrected chi connectivity index (χ4v) is 4.16. The molecule has 0 unspecified atom stereocenters. The number of methoxy groups -OCH3 is 4. The van der Waals surface area contributed by atoms with Crippen LogP contribution in [0.1, 0.15) is 38.2 Å². The van der Waals surface area contributed by atoms with Crippen molar-refractivity contribution < 1.29 is 33.3 Å². The highest BCUT2D eigenvalue weighted by molar-refractivity contribution is 6.04. The van der Waals surface area contributed by atoms with Crippen LogP contribution in [-0.4, -0.2) is 40.2 Å². The van der Waals surface area contributed by atoms with E-state index in [1.54, 1.807) is 12.1 Å². The number of allylic oxidation sites excluding steroid dienone is 2. The first-order chi connectivity index (χ1) is 14.2. The summed E-state index contributed by atoms with van der Waals surface area (Å²) in [6.07, 6.45) is 0.824. The van der Waals surface area contributed by atoms with Crippen molar-refractivity contribution in [1.82, 2.24) is 0 Å². The number of benzene rings is 1. The molecule has 2 aliphatic rings. The molecule has 0 saturated carbocycles. The van der Waals surface area contributed by atoms with Gasteiger partial charge in [0.25, 0.3) is 0 Å². The predicted octanol–water partition coefficient (Wildman–Crippen LogP) is 2.81. The number of ketones is 1. The van der Waals surface area contributed by atoms with Gasteiger partial charge in [-0.05, 0) is 11.5 Å². The van der Waals surface area contributed by atoms with Crippen molar-refractivity contribution in [3.05, 3.63) is 40.5 Å². The van der Waals surface area contributed by atoms with Gasteiger partial charge in [-0.15, -0.1) is 0 Å². The average Bonchev–Trinajstić information content (AvgIpc) is 2.69. The van der Waals surface area contributed by atoms with Gasteiger partial charge in [-0.25, -0.2) is 4.79 Å². The van der Waals surface area contributed by atoms with Gasteiger partial charge >= 0.3 is 5.97 Å². The summed E-state index contributed by atoms with van der Waals surface area (Å²) in [5, 5.41) is 0. The van der Waals surface area contributed by atoms with Gasteiger partial charge in [0.15, 0.2) is 17.3 Å². The molecule has 0 spiro atoms. The SMILES string of the molecule is COC(=O)C1=C(N)OC2=C(C(=O)CC(C)(C)C2)[C@@H]1c1ccc(OC)c(OC)c1OC. The summed E-state index contributed by atoms with van der Waals surface area (Å²) in [6.45, 7) is 3.97. The number of esters is 1. The number of Topliss-reactive ketones (excluding diaryl/α,β-unsaturated/α-hetero) is 1. The lowest BCUT2D eigenvalue weighted by molar-refractivity contribution is -0.136. The highest BCUT2D eigenvalue weighted by Crippen LogP contribution is 2.52. The Morgan fingerprint density at radius 1 is 1.07 bits per heavy atom. The van der Waals surface area contributed by atoms with E-state index in [0.29, 0.717) is 47.0 Å². The molecule has 3 rings (SSSR count). The third-order valence-corrected chi connectivity index (χ3v) is 5.41. The minimum absolute atomic E-state index is 0.0508. The highest BCUT2D eigenvalue weighted by atomic mass is 16.5. The second-order valence-corrected chi connectivity index (χ2v) is 8.01. The Hall–Kier alpha value is -3.16. The maximum Gasteiger partial charge on any atom is 0.340 e. The molecule has 162 valence electrons. The maximum atomic E-state index is 13.2. The largest absolute Gasteiger partial charge is 0.493 e. The Balaban J connectivity index is 2.32. The Bertz CT molecular complexity index is 958. The highest BCUT2D eigenvalue weighted by Gasteiger charge is 2.46. The van der Waals surface area contributed by atoms with Gasteiger partial charge < -0.3 is 29.4 Å². The molecule has 0 saturated heterocycles. The Labute approximate surface area is 175 Å². The number of hydrogen-bond acceptors (Lipinski definition) is 8. The first-order valence-electron chi connectivity index (χ1n) is 9.50. The first-order valence-corrected chi connectivity index (χ1v) is 9.50. The number of nitrogens with two attached hydrogens (primary N) is 1. The number of carbonyl (C=O) groups excluding carboxylic acids is 2. The third kappa shape index (κ3) is 3.46. The quantitative estimate of drug-likeness (QED) is 0.729. The van der Waals surface area contributed by atoms with Crippen LogP contribution in [0.3, 0.4) is 0 Å². The predicted molar refractivity (Wildman–Crippen MR) is 108 cm³/mol. The molecule has 2 N–H and O–H groups in total. The Morgan fingerprint density at radius 3 is 2.30 bits per heavy atom. The summed E-state index contributed by atoms with van der Waals surface area (Å²) in [6, 6.07) is 3.42. The van der Waals surface area contributed by atoms with Gasteiger partial charge in [0.1, 0.15) is 11.3 Å². The smallest absolute Gasteiger partial charge is 0.340 e. The number of hydrogen-bond donors (Lipinski definition) is 1. The monoisotopic (exact) mass is 417 g/mol. The number of rotatable bonds is 5. The average molecular weight is 417 g/mol. The summed E-state index contributed by atoms with van der Waals surface area (Å²) in [5.74, 6) is -0.113. The van der Waals surface area contributed by atoms with E-state index in [0.717, 1.165) is 0 Å². The van der Waals surface area contributed by atoms with E-state index in [2.05, 4.69) is 0 Å². The Kier molecular flexibility index (Phi) is 5.70. The van der Waals surface area contributed by atoms with E-state index >= 15 is 0 Å². The van der Waals surface area contributed by atoms with Crippen molar-refractivity contribution in [3.63, 3.8) is 0 Å². The second kappa shape index (κ2) is 7.93. The lowest BCUT2D eigenvalue weighted by atomic mass is 9.70. The van der Waals surface area contributed by atoms with Gasteiger partial charge in [0.05, 0.1) is 34.4 Å². The number of carbonyl (C=O) groups is 2. The summed E-state index contributed by atoms with van der Waals surface area (Å²) in [7, 11) is 5.72. The summed E-state index contributed by atoms with van der Waals surface area (Å²) in [4.78, 5) is 25.9. The lowest BCUT2D eigenvalue weighted by Gasteiger charge is -2.38. The molecule has 30 heavy (non-hydrogen) atoms. The van der Waals surface area contributed by atoms with Crippen molar-refractivity contribution >= 4 is 11.8 Å². The lowest BCUT2D eigenvalue weighted by Crippen LogP contribution is -2.35. The van der Waals surface area contributed by atoms with Crippen molar-refractivity contribution in [2.45, 2.75) is 32.6 Å². The minimum atomic E-state index is -0.820. The Morgan fingerprint density at radius 2 is 1.73 bits per heavy atom. The molecule has 0 radical (unpaired) electrons. The fraction of sp³-hybridized carbons (Fsp3) is 0.455. The molecule has 1 heterocycles. The topological polar surface area (TPSA) is 106 Å². The first kappa shape index (κ1) is 21.5. The molecule has 1 aromatic rings. The van der Waals surface area contributed by atoms with Crippen LogP contribution in [0.5, 0.6) is 17.2 Å². The zero-order valence-electron chi connectivity index (χ0n) is 18.1. The van der Waals surface area contributed by atoms with Crippen LogP contribution < -0.4 is 19.9 Å². The summed E-state index contributed by atoms with van der Waals surface area (Å²) in [5.41, 5.74) is 6.83. The van der Waals surface area contributed by atoms with Crippen molar-refractivity contribution in [3.8, 4) is 17.2 Å². The molecular formula is C22H27NO7. The van der Waals surface area contributed by atoms with Crippen LogP contribution in [-0.2, 0) is 19.1 Å². The van der Waals surface area contributed by atoms with Crippen molar-refractivity contribution in [2.24, 2.45) is 11.1 Å². The molecule has 0 fully saturated rings. The van der Waals surface area contributed by atoms with E-state index in [1.165, 1.54) is 28.4 Å². The summed E-state index contributed by atoms with van der Waals surface area (Å²) >= 11 is 0.